The number of ether oxygens (including phenoxy) is 3. The second-order valence-electron chi connectivity index (χ2n) is 5.73. The van der Waals surface area contributed by atoms with Gasteiger partial charge in [-0.2, -0.15) is 0 Å². The van der Waals surface area contributed by atoms with Crippen LogP contribution in [0.2, 0.25) is 0 Å². The van der Waals surface area contributed by atoms with Gasteiger partial charge in [-0.1, -0.05) is 48.5 Å². The number of fused-ring (bicyclic) bond motifs is 3. The minimum atomic E-state index is 0.441. The lowest BCUT2D eigenvalue weighted by Gasteiger charge is -2.14. The minimum Gasteiger partial charge on any atom is -0.382 e. The molecule has 0 atom stereocenters. The van der Waals surface area contributed by atoms with E-state index in [-0.39, 0.29) is 0 Å². The van der Waals surface area contributed by atoms with E-state index >= 15 is 0 Å². The molecule has 3 heteroatoms. The van der Waals surface area contributed by atoms with E-state index in [0.29, 0.717) is 32.3 Å². The molecule has 0 fully saturated rings. The monoisotopic (exact) mass is 312 g/mol. The van der Waals surface area contributed by atoms with Crippen molar-refractivity contribution in [2.45, 2.75) is 12.3 Å². The van der Waals surface area contributed by atoms with Crippen LogP contribution in [-0.4, -0.2) is 40.1 Å². The van der Waals surface area contributed by atoms with Gasteiger partial charge in [0.2, 0.25) is 0 Å². The first kappa shape index (κ1) is 16.2. The molecule has 0 aliphatic heterocycles. The molecule has 1 aliphatic carbocycles. The molecule has 0 spiro atoms. The summed E-state index contributed by atoms with van der Waals surface area (Å²) in [5.41, 5.74) is 5.59. The van der Waals surface area contributed by atoms with Gasteiger partial charge >= 0.3 is 0 Å². The molecule has 23 heavy (non-hydrogen) atoms. The van der Waals surface area contributed by atoms with Crippen molar-refractivity contribution in [3.8, 4) is 11.1 Å². The lowest BCUT2D eigenvalue weighted by atomic mass is 9.94. The number of rotatable bonds is 9. The molecular weight excluding hydrogens is 288 g/mol. The van der Waals surface area contributed by atoms with Crippen molar-refractivity contribution >= 4 is 0 Å². The maximum Gasteiger partial charge on any atom is 0.0701 e. The zero-order chi connectivity index (χ0) is 15.9. The third-order valence-corrected chi connectivity index (χ3v) is 4.32. The summed E-state index contributed by atoms with van der Waals surface area (Å²) < 4.78 is 16.1. The van der Waals surface area contributed by atoms with Crippen molar-refractivity contribution in [3.63, 3.8) is 0 Å². The standard InChI is InChI=1S/C20H24O3/c1-21-12-13-23-15-14-22-11-10-20-18-8-4-2-6-16(18)17-7-3-5-9-19(17)20/h2-9,20H,10-15H2,1H3. The SMILES string of the molecule is COCCOCCOCCC1c2ccccc2-c2ccccc21. The van der Waals surface area contributed by atoms with E-state index in [9.17, 15) is 0 Å². The van der Waals surface area contributed by atoms with Gasteiger partial charge in [-0.3, -0.25) is 0 Å². The number of hydrogen-bond donors (Lipinski definition) is 0. The molecule has 1 aliphatic rings. The second-order valence-corrected chi connectivity index (χ2v) is 5.73. The Kier molecular flexibility index (Phi) is 5.81. The highest BCUT2D eigenvalue weighted by molar-refractivity contribution is 5.78. The first-order valence-electron chi connectivity index (χ1n) is 8.24. The van der Waals surface area contributed by atoms with Gasteiger partial charge < -0.3 is 14.2 Å². The summed E-state index contributed by atoms with van der Waals surface area (Å²) in [6.07, 6.45) is 1.01. The normalized spacial score (nSPS) is 13.1. The van der Waals surface area contributed by atoms with Gasteiger partial charge in [0.05, 0.1) is 26.4 Å². The Labute approximate surface area is 138 Å². The van der Waals surface area contributed by atoms with Crippen molar-refractivity contribution in [2.24, 2.45) is 0 Å². The Balaban J connectivity index is 1.52. The zero-order valence-corrected chi connectivity index (χ0v) is 13.7. The van der Waals surface area contributed by atoms with Crippen LogP contribution in [0.15, 0.2) is 48.5 Å². The van der Waals surface area contributed by atoms with Crippen LogP contribution >= 0.6 is 0 Å². The summed E-state index contributed by atoms with van der Waals surface area (Å²) in [6, 6.07) is 17.4. The molecule has 0 N–H and O–H groups in total. The van der Waals surface area contributed by atoms with Crippen LogP contribution in [0.5, 0.6) is 0 Å². The van der Waals surface area contributed by atoms with E-state index in [1.807, 2.05) is 0 Å². The number of hydrogen-bond acceptors (Lipinski definition) is 3. The van der Waals surface area contributed by atoms with E-state index in [1.165, 1.54) is 22.3 Å². The van der Waals surface area contributed by atoms with Crippen molar-refractivity contribution < 1.29 is 14.2 Å². The van der Waals surface area contributed by atoms with Gasteiger partial charge in [-0.15, -0.1) is 0 Å². The Bertz CT molecular complexity index is 578. The van der Waals surface area contributed by atoms with E-state index in [4.69, 9.17) is 14.2 Å². The number of benzene rings is 2. The Hall–Kier alpha value is -1.68. The van der Waals surface area contributed by atoms with Crippen molar-refractivity contribution in [1.82, 2.24) is 0 Å². The first-order valence-corrected chi connectivity index (χ1v) is 8.24. The average Bonchev–Trinajstić information content (AvgIpc) is 2.92. The van der Waals surface area contributed by atoms with Crippen LogP contribution in [0.1, 0.15) is 23.5 Å². The lowest BCUT2D eigenvalue weighted by molar-refractivity contribution is 0.0238. The molecule has 122 valence electrons. The molecule has 0 aromatic heterocycles. The van der Waals surface area contributed by atoms with Crippen LogP contribution in [-0.2, 0) is 14.2 Å². The third kappa shape index (κ3) is 3.81. The molecule has 0 bridgehead atoms. The van der Waals surface area contributed by atoms with Gasteiger partial charge in [0.1, 0.15) is 0 Å². The zero-order valence-electron chi connectivity index (χ0n) is 13.7. The Morgan fingerprint density at radius 1 is 0.696 bits per heavy atom. The van der Waals surface area contributed by atoms with Gasteiger partial charge in [0.25, 0.3) is 0 Å². The van der Waals surface area contributed by atoms with Crippen LogP contribution < -0.4 is 0 Å². The van der Waals surface area contributed by atoms with E-state index in [2.05, 4.69) is 48.5 Å². The largest absolute Gasteiger partial charge is 0.382 e. The molecule has 3 nitrogen and oxygen atoms in total. The highest BCUT2D eigenvalue weighted by Crippen LogP contribution is 2.45. The van der Waals surface area contributed by atoms with Gasteiger partial charge in [-0.25, -0.2) is 0 Å². The molecule has 0 heterocycles. The predicted octanol–water partition coefficient (Wildman–Crippen LogP) is 3.87. The smallest absolute Gasteiger partial charge is 0.0701 e. The fraction of sp³-hybridized carbons (Fsp3) is 0.400. The third-order valence-electron chi connectivity index (χ3n) is 4.32. The maximum absolute atomic E-state index is 5.74. The molecule has 2 aromatic carbocycles. The highest BCUT2D eigenvalue weighted by atomic mass is 16.5. The lowest BCUT2D eigenvalue weighted by Crippen LogP contribution is -2.10. The Morgan fingerprint density at radius 2 is 1.22 bits per heavy atom. The Morgan fingerprint density at radius 3 is 1.83 bits per heavy atom. The van der Waals surface area contributed by atoms with Crippen LogP contribution in [0.3, 0.4) is 0 Å². The van der Waals surface area contributed by atoms with E-state index in [0.717, 1.165) is 13.0 Å². The van der Waals surface area contributed by atoms with E-state index < -0.39 is 0 Å². The predicted molar refractivity (Wildman–Crippen MR) is 91.9 cm³/mol. The van der Waals surface area contributed by atoms with Gasteiger partial charge in [0, 0.05) is 19.6 Å². The number of methoxy groups -OCH3 is 1. The van der Waals surface area contributed by atoms with Crippen LogP contribution in [0, 0.1) is 0 Å². The van der Waals surface area contributed by atoms with Crippen LogP contribution in [0.4, 0.5) is 0 Å². The second kappa shape index (κ2) is 8.25. The summed E-state index contributed by atoms with van der Waals surface area (Å²) in [5, 5.41) is 0. The topological polar surface area (TPSA) is 27.7 Å². The summed E-state index contributed by atoms with van der Waals surface area (Å²) in [4.78, 5) is 0. The quantitative estimate of drug-likeness (QED) is 0.658. The fourth-order valence-electron chi connectivity index (χ4n) is 3.24. The average molecular weight is 312 g/mol. The van der Waals surface area contributed by atoms with Crippen molar-refractivity contribution in [1.29, 1.82) is 0 Å². The van der Waals surface area contributed by atoms with E-state index in [1.54, 1.807) is 7.11 Å². The molecule has 0 amide bonds. The van der Waals surface area contributed by atoms with Gasteiger partial charge in [-0.05, 0) is 28.7 Å². The molecule has 3 rings (SSSR count). The minimum absolute atomic E-state index is 0.441. The highest BCUT2D eigenvalue weighted by Gasteiger charge is 2.27. The maximum atomic E-state index is 5.74. The fourth-order valence-corrected chi connectivity index (χ4v) is 3.24. The van der Waals surface area contributed by atoms with Crippen LogP contribution in [0.25, 0.3) is 11.1 Å². The first-order chi connectivity index (χ1) is 11.4. The molecule has 0 saturated heterocycles. The summed E-state index contributed by atoms with van der Waals surface area (Å²) in [5.74, 6) is 0.441. The molecule has 0 saturated carbocycles. The summed E-state index contributed by atoms with van der Waals surface area (Å²) in [6.45, 7) is 3.28. The molecular formula is C20H24O3. The molecule has 0 unspecified atom stereocenters. The summed E-state index contributed by atoms with van der Waals surface area (Å²) >= 11 is 0. The van der Waals surface area contributed by atoms with Crippen molar-refractivity contribution in [2.75, 3.05) is 40.1 Å². The van der Waals surface area contributed by atoms with Crippen molar-refractivity contribution in [3.05, 3.63) is 59.7 Å². The molecule has 2 aromatic rings. The summed E-state index contributed by atoms with van der Waals surface area (Å²) in [7, 11) is 1.68. The molecule has 0 radical (unpaired) electrons. The van der Waals surface area contributed by atoms with Gasteiger partial charge in [0.15, 0.2) is 0 Å².